The molecule has 0 radical (unpaired) electrons. The number of aryl methyl sites for hydroxylation is 2. The minimum Gasteiger partial charge on any atom is -0.446 e. The molecule has 0 bridgehead atoms. The fourth-order valence-electron chi connectivity index (χ4n) is 6.56. The van der Waals surface area contributed by atoms with E-state index in [1.54, 1.807) is 6.33 Å². The number of nitrogens with one attached hydrogen (secondary N) is 1. The number of fused-ring (bicyclic) bond motifs is 1. The predicted octanol–water partition coefficient (Wildman–Crippen LogP) is 7.69. The molecule has 0 spiro atoms. The van der Waals surface area contributed by atoms with Crippen LogP contribution in [0.2, 0.25) is 0 Å². The molecule has 2 aromatic heterocycles. The molecule has 3 rings (SSSR count). The van der Waals surface area contributed by atoms with Gasteiger partial charge in [-0.05, 0) is 31.9 Å². The van der Waals surface area contributed by atoms with E-state index in [4.69, 9.17) is 10.5 Å². The minimum atomic E-state index is -3.51. The zero-order valence-electron chi connectivity index (χ0n) is 29.5. The number of carbonyl (C=O) groups is 1. The molecule has 0 fully saturated rings. The van der Waals surface area contributed by atoms with Gasteiger partial charge in [0.1, 0.15) is 24.8 Å². The van der Waals surface area contributed by atoms with E-state index in [1.165, 1.54) is 77.0 Å². The largest absolute Gasteiger partial charge is 0.446 e. The highest BCUT2D eigenvalue weighted by atomic mass is 32.2. The number of hydrogen-bond acceptors (Lipinski definition) is 6. The average Bonchev–Trinajstić information content (AvgIpc) is 3.49. The number of carbonyl (C=O) groups excluding carboxylic acids is 1. The molecule has 2 heterocycles. The Balaban J connectivity index is 1.39. The third-order valence-electron chi connectivity index (χ3n) is 9.20. The van der Waals surface area contributed by atoms with Crippen molar-refractivity contribution in [1.29, 1.82) is 0 Å². The van der Waals surface area contributed by atoms with E-state index in [1.807, 2.05) is 54.2 Å². The number of aromatic nitrogens is 4. The second-order valence-corrected chi connectivity index (χ2v) is 15.1. The normalized spacial score (nSPS) is 13.1. The van der Waals surface area contributed by atoms with Crippen molar-refractivity contribution in [3.05, 3.63) is 54.7 Å². The van der Waals surface area contributed by atoms with Crippen LogP contribution < -0.4 is 15.0 Å². The van der Waals surface area contributed by atoms with Crippen molar-refractivity contribution >= 4 is 27.0 Å². The van der Waals surface area contributed by atoms with Crippen molar-refractivity contribution in [3.8, 4) is 0 Å². The van der Waals surface area contributed by atoms with E-state index in [-0.39, 0.29) is 18.3 Å². The van der Waals surface area contributed by atoms with Crippen LogP contribution in [0.3, 0.4) is 0 Å². The molecule has 268 valence electrons. The van der Waals surface area contributed by atoms with Crippen molar-refractivity contribution < 1.29 is 22.5 Å². The zero-order valence-corrected chi connectivity index (χ0v) is 30.3. The Bertz CT molecular complexity index is 1420. The first-order valence-corrected chi connectivity index (χ1v) is 20.1. The smallest absolute Gasteiger partial charge is 0.404 e. The molecule has 0 aliphatic heterocycles. The summed E-state index contributed by atoms with van der Waals surface area (Å²) in [5.41, 5.74) is 6.50. The lowest BCUT2D eigenvalue weighted by Crippen LogP contribution is -2.37. The van der Waals surface area contributed by atoms with Crippen LogP contribution in [0.1, 0.15) is 134 Å². The van der Waals surface area contributed by atoms with Gasteiger partial charge in [0, 0.05) is 36.9 Å². The molecule has 0 saturated carbocycles. The lowest BCUT2D eigenvalue weighted by atomic mass is 9.99. The van der Waals surface area contributed by atoms with Crippen LogP contribution >= 0.6 is 0 Å². The first kappa shape index (κ1) is 39.4. The molecular weight excluding hydrogens is 625 g/mol. The molecule has 2 atom stereocenters. The van der Waals surface area contributed by atoms with Gasteiger partial charge in [0.2, 0.25) is 15.5 Å². The quantitative estimate of drug-likeness (QED) is 0.0624. The number of benzene rings is 1. The Labute approximate surface area is 289 Å². The molecule has 1 amide bonds. The number of sulfonamides is 1. The molecule has 2 unspecified atom stereocenters. The number of primary amides is 1. The van der Waals surface area contributed by atoms with Gasteiger partial charge in [0.15, 0.2) is 6.20 Å². The van der Waals surface area contributed by atoms with Gasteiger partial charge in [-0.15, -0.1) is 0 Å². The van der Waals surface area contributed by atoms with Gasteiger partial charge in [-0.3, -0.25) is 0 Å². The summed E-state index contributed by atoms with van der Waals surface area (Å²) in [6.07, 6.45) is 22.5. The maximum atomic E-state index is 12.8. The Hall–Kier alpha value is -3.05. The maximum absolute atomic E-state index is 12.8. The fourth-order valence-corrected chi connectivity index (χ4v) is 7.64. The van der Waals surface area contributed by atoms with Crippen LogP contribution in [0.4, 0.5) is 4.79 Å². The molecule has 1 aromatic carbocycles. The molecule has 48 heavy (non-hydrogen) atoms. The van der Waals surface area contributed by atoms with Gasteiger partial charge >= 0.3 is 6.09 Å². The van der Waals surface area contributed by atoms with Crippen molar-refractivity contribution in [2.45, 2.75) is 148 Å². The minimum absolute atomic E-state index is 0.00443. The number of para-hydroxylation sites is 1. The number of hydrogen-bond donors (Lipinski definition) is 2. The lowest BCUT2D eigenvalue weighted by molar-refractivity contribution is -0.671. The zero-order chi connectivity index (χ0) is 34.5. The van der Waals surface area contributed by atoms with Gasteiger partial charge in [-0.2, -0.15) is 9.67 Å². The molecule has 3 aromatic rings. The molecule has 11 heteroatoms. The van der Waals surface area contributed by atoms with Crippen LogP contribution in [0.15, 0.2) is 48.9 Å². The predicted molar refractivity (Wildman–Crippen MR) is 193 cm³/mol. The summed E-state index contributed by atoms with van der Waals surface area (Å²) in [5.74, 6) is 0.803. The van der Waals surface area contributed by atoms with E-state index in [9.17, 15) is 13.2 Å². The summed E-state index contributed by atoms with van der Waals surface area (Å²) < 4.78 is 37.8. The number of nitrogens with two attached hydrogens (primary N) is 1. The van der Waals surface area contributed by atoms with E-state index in [0.29, 0.717) is 25.8 Å². The third-order valence-corrected chi connectivity index (χ3v) is 10.7. The standard InChI is InChI=1S/C37H60N6O4S/c1-3-4-5-6-7-8-9-10-11-12-13-14-15-16-23-34(43-32(2)39-31-40-43)30-35(47-37(38)44)25-26-41-48(45,46)29-20-28-42-27-19-22-33-21-17-18-24-36(33)42/h17-19,21-22,24,27,31,34-35,41H,3-16,20,23,25-26,28-30H2,1-2H3,(H-,38,44)/p+1. The molecular formula is C37H61N6O4S+. The highest BCUT2D eigenvalue weighted by molar-refractivity contribution is 7.89. The SMILES string of the molecule is CCCCCCCCCCCCCCCCC(CC(CCNS(=O)(=O)CCC[n+]1cccc2ccccc21)OC(N)=O)n1ncnc1C. The molecule has 0 aliphatic rings. The molecule has 10 nitrogen and oxygen atoms in total. The number of ether oxygens (including phenoxy) is 1. The van der Waals surface area contributed by atoms with E-state index < -0.39 is 22.2 Å². The maximum Gasteiger partial charge on any atom is 0.404 e. The summed E-state index contributed by atoms with van der Waals surface area (Å²) in [6.45, 7) is 4.93. The topological polar surface area (TPSA) is 133 Å². The van der Waals surface area contributed by atoms with Crippen LogP contribution in [-0.4, -0.2) is 47.7 Å². The lowest BCUT2D eigenvalue weighted by Gasteiger charge is -2.24. The van der Waals surface area contributed by atoms with Gasteiger partial charge in [-0.25, -0.2) is 27.6 Å². The van der Waals surface area contributed by atoms with Gasteiger partial charge in [-0.1, -0.05) is 109 Å². The Morgan fingerprint density at radius 3 is 2.15 bits per heavy atom. The van der Waals surface area contributed by atoms with Crippen LogP contribution in [-0.2, 0) is 21.3 Å². The van der Waals surface area contributed by atoms with Gasteiger partial charge < -0.3 is 10.5 Å². The number of unbranched alkanes of at least 4 members (excludes halogenated alkanes) is 13. The van der Waals surface area contributed by atoms with Crippen LogP contribution in [0, 0.1) is 6.92 Å². The van der Waals surface area contributed by atoms with Crippen molar-refractivity contribution in [2.75, 3.05) is 12.3 Å². The Morgan fingerprint density at radius 2 is 1.52 bits per heavy atom. The first-order chi connectivity index (χ1) is 23.3. The summed E-state index contributed by atoms with van der Waals surface area (Å²) in [5, 5.41) is 5.57. The Kier molecular flexibility index (Phi) is 18.5. The molecule has 0 aliphatic carbocycles. The van der Waals surface area contributed by atoms with Crippen molar-refractivity contribution in [1.82, 2.24) is 19.5 Å². The monoisotopic (exact) mass is 685 g/mol. The summed E-state index contributed by atoms with van der Waals surface area (Å²) >= 11 is 0. The van der Waals surface area contributed by atoms with E-state index in [2.05, 4.69) is 26.3 Å². The Morgan fingerprint density at radius 1 is 0.896 bits per heavy atom. The highest BCUT2D eigenvalue weighted by Gasteiger charge is 2.23. The summed E-state index contributed by atoms with van der Waals surface area (Å²) in [4.78, 5) is 16.1. The van der Waals surface area contributed by atoms with Crippen LogP contribution in [0.25, 0.3) is 10.9 Å². The third kappa shape index (κ3) is 15.4. The average molecular weight is 686 g/mol. The molecule has 0 saturated heterocycles. The number of rotatable bonds is 27. The highest BCUT2D eigenvalue weighted by Crippen LogP contribution is 2.25. The second-order valence-electron chi connectivity index (χ2n) is 13.2. The summed E-state index contributed by atoms with van der Waals surface area (Å²) in [6, 6.07) is 12.0. The number of amides is 1. The van der Waals surface area contributed by atoms with Crippen molar-refractivity contribution in [2.24, 2.45) is 5.73 Å². The second kappa shape index (κ2) is 22.6. The van der Waals surface area contributed by atoms with Gasteiger partial charge in [0.05, 0.1) is 11.8 Å². The van der Waals surface area contributed by atoms with E-state index >= 15 is 0 Å². The fraction of sp³-hybridized carbons (Fsp3) is 0.676. The first-order valence-electron chi connectivity index (χ1n) is 18.5. The molecule has 3 N–H and O–H groups in total. The van der Waals surface area contributed by atoms with Gasteiger partial charge in [0.25, 0.3) is 0 Å². The summed E-state index contributed by atoms with van der Waals surface area (Å²) in [7, 11) is -3.51. The van der Waals surface area contributed by atoms with E-state index in [0.717, 1.165) is 36.0 Å². The van der Waals surface area contributed by atoms with Crippen molar-refractivity contribution in [3.63, 3.8) is 0 Å². The number of pyridine rings is 1. The van der Waals surface area contributed by atoms with Crippen LogP contribution in [0.5, 0.6) is 0 Å². The number of nitrogens with zero attached hydrogens (tertiary/aromatic N) is 4.